The fourth-order valence-corrected chi connectivity index (χ4v) is 5.89. The summed E-state index contributed by atoms with van der Waals surface area (Å²) in [7, 11) is 1.62. The Kier molecular flexibility index (Phi) is 8.50. The molecule has 6 rings (SSSR count). The quantitative estimate of drug-likeness (QED) is 0.266. The number of nitrogens with zero attached hydrogens (tertiary/aromatic N) is 5. The second-order valence-electron chi connectivity index (χ2n) is 11.8. The summed E-state index contributed by atoms with van der Waals surface area (Å²) >= 11 is 6.52. The van der Waals surface area contributed by atoms with E-state index in [0.717, 1.165) is 24.9 Å². The number of rotatable bonds is 9. The van der Waals surface area contributed by atoms with Gasteiger partial charge in [0.2, 0.25) is 5.95 Å². The summed E-state index contributed by atoms with van der Waals surface area (Å²) in [6.45, 7) is 5.44. The minimum Gasteiger partial charge on any atom is -0.490 e. The van der Waals surface area contributed by atoms with Crippen molar-refractivity contribution in [3.63, 3.8) is 0 Å². The van der Waals surface area contributed by atoms with Crippen molar-refractivity contribution in [2.24, 2.45) is 18.7 Å². The van der Waals surface area contributed by atoms with E-state index < -0.39 is 0 Å². The number of halogens is 1. The summed E-state index contributed by atoms with van der Waals surface area (Å²) in [6, 6.07) is 14.8. The Morgan fingerprint density at radius 2 is 1.89 bits per heavy atom. The lowest BCUT2D eigenvalue weighted by atomic mass is 9.82. The maximum absolute atomic E-state index is 13.9. The third kappa shape index (κ3) is 6.25. The van der Waals surface area contributed by atoms with E-state index in [-0.39, 0.29) is 47.4 Å². The van der Waals surface area contributed by atoms with Crippen LogP contribution in [0.1, 0.15) is 45.1 Å². The number of carbonyl (C=O) groups excluding carboxylic acids is 1. The van der Waals surface area contributed by atoms with Crippen LogP contribution in [0.15, 0.2) is 53.3 Å². The number of ether oxygens (including phenoxy) is 3. The number of hydrogen-bond donors (Lipinski definition) is 1. The molecule has 2 N–H and O–H groups in total. The van der Waals surface area contributed by atoms with Crippen LogP contribution in [0.4, 0.5) is 5.95 Å². The van der Waals surface area contributed by atoms with Gasteiger partial charge >= 0.3 is 12.0 Å². The molecule has 2 aromatic carbocycles. The average molecular weight is 621 g/mol. The minimum atomic E-state index is -0.293. The molecule has 1 aliphatic carbocycles. The molecule has 44 heavy (non-hydrogen) atoms. The maximum atomic E-state index is 13.9. The highest BCUT2D eigenvalue weighted by Gasteiger charge is 2.37. The highest BCUT2D eigenvalue weighted by atomic mass is 35.5. The molecular formula is C32H37ClN6O5. The normalized spacial score (nSPS) is 20.0. The zero-order valence-corrected chi connectivity index (χ0v) is 25.9. The number of aromatic nitrogens is 4. The Balaban J connectivity index is 1.27. The molecule has 1 atom stereocenters. The van der Waals surface area contributed by atoms with Crippen molar-refractivity contribution < 1.29 is 19.0 Å². The van der Waals surface area contributed by atoms with Crippen molar-refractivity contribution in [1.82, 2.24) is 19.1 Å². The Morgan fingerprint density at radius 1 is 1.11 bits per heavy atom. The van der Waals surface area contributed by atoms with E-state index in [1.54, 1.807) is 25.2 Å². The van der Waals surface area contributed by atoms with Gasteiger partial charge in [0, 0.05) is 37.3 Å². The van der Waals surface area contributed by atoms with Gasteiger partial charge in [-0.1, -0.05) is 35.9 Å². The first-order chi connectivity index (χ1) is 21.2. The summed E-state index contributed by atoms with van der Waals surface area (Å²) in [4.78, 5) is 37.6. The summed E-state index contributed by atoms with van der Waals surface area (Å²) < 4.78 is 20.8. The second kappa shape index (κ2) is 12.5. The van der Waals surface area contributed by atoms with Gasteiger partial charge < -0.3 is 24.8 Å². The molecule has 0 unspecified atom stereocenters. The molecule has 0 spiro atoms. The monoisotopic (exact) mass is 620 g/mol. The molecule has 232 valence electrons. The number of fused-ring (bicyclic) bond motifs is 1. The van der Waals surface area contributed by atoms with E-state index in [0.29, 0.717) is 53.9 Å². The minimum absolute atomic E-state index is 0.0150. The number of hydrogen-bond acceptors (Lipinski definition) is 9. The maximum Gasteiger partial charge on any atom is 0.309 e. The lowest BCUT2D eigenvalue weighted by molar-refractivity contribution is -0.158. The Labute approximate surface area is 260 Å². The third-order valence-corrected chi connectivity index (χ3v) is 8.42. The molecule has 3 heterocycles. The molecule has 2 fully saturated rings. The largest absolute Gasteiger partial charge is 0.490 e. The predicted octanol–water partition coefficient (Wildman–Crippen LogP) is 4.66. The van der Waals surface area contributed by atoms with E-state index in [1.807, 2.05) is 48.7 Å². The van der Waals surface area contributed by atoms with Crippen molar-refractivity contribution in [1.29, 1.82) is 0 Å². The average Bonchev–Trinajstić information content (AvgIpc) is 3.32. The number of nitrogens with two attached hydrogens (primary N) is 1. The first-order valence-electron chi connectivity index (χ1n) is 15.0. The molecule has 1 saturated carbocycles. The van der Waals surface area contributed by atoms with Crippen molar-refractivity contribution in [3.8, 4) is 17.5 Å². The number of carbonyl (C=O) groups is 1. The fraction of sp³-hybridized carbons (Fsp3) is 0.438. The number of piperidine rings is 1. The fourth-order valence-electron chi connectivity index (χ4n) is 5.69. The van der Waals surface area contributed by atoms with Crippen LogP contribution in [0.2, 0.25) is 5.02 Å². The third-order valence-electron chi connectivity index (χ3n) is 8.05. The van der Waals surface area contributed by atoms with Gasteiger partial charge in [0.05, 0.1) is 18.6 Å². The Bertz CT molecular complexity index is 1730. The van der Waals surface area contributed by atoms with Gasteiger partial charge in [-0.25, -0.2) is 0 Å². The van der Waals surface area contributed by atoms with Crippen LogP contribution in [0.5, 0.6) is 17.5 Å². The zero-order chi connectivity index (χ0) is 31.0. The van der Waals surface area contributed by atoms with Gasteiger partial charge in [-0.2, -0.15) is 9.97 Å². The predicted molar refractivity (Wildman–Crippen MR) is 168 cm³/mol. The van der Waals surface area contributed by atoms with Gasteiger partial charge in [0.15, 0.2) is 11.2 Å². The van der Waals surface area contributed by atoms with E-state index in [4.69, 9.17) is 36.5 Å². The SMILES string of the molecule is CC(C)OC(=O)C1CC(Oc2cccc(Oc3nc4nc(N5CCC[C@@H](N)C5)n(Cc5ccccc5Cl)c4c(=O)n3C)c2)C1. The Hall–Kier alpha value is -4.09. The van der Waals surface area contributed by atoms with Crippen molar-refractivity contribution >= 4 is 34.7 Å². The van der Waals surface area contributed by atoms with Crippen molar-refractivity contribution in [3.05, 3.63) is 69.5 Å². The van der Waals surface area contributed by atoms with Crippen LogP contribution in [0.25, 0.3) is 11.2 Å². The first kappa shape index (κ1) is 30.0. The summed E-state index contributed by atoms with van der Waals surface area (Å²) in [5.74, 6) is 1.36. The molecule has 0 bridgehead atoms. The van der Waals surface area contributed by atoms with Crippen molar-refractivity contribution in [2.75, 3.05) is 18.0 Å². The zero-order valence-electron chi connectivity index (χ0n) is 25.1. The lowest BCUT2D eigenvalue weighted by Gasteiger charge is -2.34. The molecule has 1 saturated heterocycles. The molecule has 0 radical (unpaired) electrons. The van der Waals surface area contributed by atoms with Crippen LogP contribution < -0.4 is 25.7 Å². The van der Waals surface area contributed by atoms with Gasteiger partial charge in [-0.15, -0.1) is 0 Å². The van der Waals surface area contributed by atoms with Gasteiger partial charge in [-0.05, 0) is 63.3 Å². The second-order valence-corrected chi connectivity index (χ2v) is 12.2. The summed E-state index contributed by atoms with van der Waals surface area (Å²) in [5.41, 5.74) is 7.53. The molecule has 1 aliphatic heterocycles. The van der Waals surface area contributed by atoms with E-state index >= 15 is 0 Å². The molecular weight excluding hydrogens is 584 g/mol. The van der Waals surface area contributed by atoms with Crippen LogP contribution in [-0.2, 0) is 23.1 Å². The number of benzene rings is 2. The molecule has 4 aromatic rings. The highest BCUT2D eigenvalue weighted by Crippen LogP contribution is 2.34. The van der Waals surface area contributed by atoms with Crippen molar-refractivity contribution in [2.45, 2.75) is 64.3 Å². The molecule has 2 aromatic heterocycles. The number of imidazole rings is 1. The van der Waals surface area contributed by atoms with Gasteiger partial charge in [-0.3, -0.25) is 18.7 Å². The topological polar surface area (TPSA) is 127 Å². The smallest absolute Gasteiger partial charge is 0.309 e. The van der Waals surface area contributed by atoms with Crippen LogP contribution in [0, 0.1) is 5.92 Å². The lowest BCUT2D eigenvalue weighted by Crippen LogP contribution is -2.44. The van der Waals surface area contributed by atoms with E-state index in [1.165, 1.54) is 4.57 Å². The van der Waals surface area contributed by atoms with Crippen LogP contribution in [-0.4, -0.2) is 56.4 Å². The van der Waals surface area contributed by atoms with E-state index in [9.17, 15) is 9.59 Å². The first-order valence-corrected chi connectivity index (χ1v) is 15.4. The van der Waals surface area contributed by atoms with Crippen LogP contribution in [0.3, 0.4) is 0 Å². The van der Waals surface area contributed by atoms with Gasteiger partial charge in [0.1, 0.15) is 17.6 Å². The molecule has 12 heteroatoms. The molecule has 0 amide bonds. The summed E-state index contributed by atoms with van der Waals surface area (Å²) in [6.07, 6.45) is 2.85. The molecule has 2 aliphatic rings. The number of anilines is 1. The van der Waals surface area contributed by atoms with E-state index in [2.05, 4.69) is 9.88 Å². The van der Waals surface area contributed by atoms with Crippen LogP contribution >= 0.6 is 11.6 Å². The van der Waals surface area contributed by atoms with Gasteiger partial charge in [0.25, 0.3) is 5.56 Å². The Morgan fingerprint density at radius 3 is 2.64 bits per heavy atom. The standard InChI is InChI=1S/C32H37ClN6O5/c1-19(2)42-30(41)21-14-25(15-21)43-23-10-6-11-24(16-23)44-32-36-28-27(29(40)37(32)3)39(17-20-8-4-5-12-26(20)33)31(35-28)38-13-7-9-22(34)18-38/h4-6,8,10-12,16,19,21-22,25H,7,9,13-15,17-18,34H2,1-3H3/t21?,22-,25?/m1/s1. The number of esters is 1. The summed E-state index contributed by atoms with van der Waals surface area (Å²) in [5, 5.41) is 0.607. The molecule has 11 nitrogen and oxygen atoms in total. The highest BCUT2D eigenvalue weighted by molar-refractivity contribution is 6.31.